The predicted octanol–water partition coefficient (Wildman–Crippen LogP) is 7.01. The Morgan fingerprint density at radius 3 is 2.66 bits per heavy atom. The summed E-state index contributed by atoms with van der Waals surface area (Å²) >= 11 is 17.8. The minimum absolute atomic E-state index is 0.0779. The highest BCUT2D eigenvalue weighted by atomic mass is 35.5. The average Bonchev–Trinajstić information content (AvgIpc) is 3.07. The van der Waals surface area contributed by atoms with E-state index in [0.29, 0.717) is 15.7 Å². The summed E-state index contributed by atoms with van der Waals surface area (Å²) in [5, 5.41) is 3.91. The second-order valence-corrected chi connectivity index (χ2v) is 11.3. The fraction of sp³-hybridized carbons (Fsp3) is 0.300. The van der Waals surface area contributed by atoms with Gasteiger partial charge < -0.3 is 10.1 Å². The molecule has 4 nitrogen and oxygen atoms in total. The van der Waals surface area contributed by atoms with E-state index < -0.39 is 5.54 Å². The normalized spacial score (nSPS) is 22.1. The van der Waals surface area contributed by atoms with Crippen LogP contribution in [0.2, 0.25) is 10.0 Å². The van der Waals surface area contributed by atoms with Gasteiger partial charge in [0.2, 0.25) is 0 Å². The van der Waals surface area contributed by atoms with Crippen molar-refractivity contribution in [1.29, 1.82) is 0 Å². The van der Waals surface area contributed by atoms with Crippen LogP contribution in [0.4, 0.5) is 16.2 Å². The van der Waals surface area contributed by atoms with Crippen LogP contribution in [-0.4, -0.2) is 28.1 Å². The number of thiocarbonyl (C=S) groups is 1. The predicted molar refractivity (Wildman–Crippen MR) is 129 cm³/mol. The van der Waals surface area contributed by atoms with Crippen molar-refractivity contribution in [2.24, 2.45) is 0 Å². The second-order valence-electron chi connectivity index (χ2n) is 7.37. The summed E-state index contributed by atoms with van der Waals surface area (Å²) < 4.78 is 6.37. The summed E-state index contributed by atoms with van der Waals surface area (Å²) in [6, 6.07) is 10.6. The Kier molecular flexibility index (Phi) is 5.72. The first-order chi connectivity index (χ1) is 13.7. The van der Waals surface area contributed by atoms with E-state index in [-0.39, 0.29) is 17.2 Å². The van der Waals surface area contributed by atoms with Gasteiger partial charge in [0.1, 0.15) is 5.75 Å². The molecule has 2 aliphatic rings. The molecule has 4 rings (SSSR count). The van der Waals surface area contributed by atoms with E-state index in [1.165, 1.54) is 0 Å². The van der Waals surface area contributed by atoms with Crippen molar-refractivity contribution in [2.45, 2.75) is 30.6 Å². The van der Waals surface area contributed by atoms with Gasteiger partial charge >= 0.3 is 6.03 Å². The lowest BCUT2D eigenvalue weighted by molar-refractivity contribution is 0.249. The fourth-order valence-electron chi connectivity index (χ4n) is 3.82. The number of fused-ring (bicyclic) bond motifs is 3. The molecule has 1 fully saturated rings. The van der Waals surface area contributed by atoms with Gasteiger partial charge in [0.15, 0.2) is 0 Å². The second kappa shape index (κ2) is 7.85. The Balaban J connectivity index is 1.78. The molecule has 152 valence electrons. The molecule has 0 spiro atoms. The Labute approximate surface area is 193 Å². The molecular formula is C20H18Cl2N2O2S3. The zero-order valence-corrected chi connectivity index (χ0v) is 19.8. The van der Waals surface area contributed by atoms with Crippen molar-refractivity contribution in [3.05, 3.63) is 52.0 Å². The van der Waals surface area contributed by atoms with E-state index in [9.17, 15) is 4.79 Å². The first-order valence-corrected chi connectivity index (χ1v) is 12.2. The van der Waals surface area contributed by atoms with Gasteiger partial charge in [-0.1, -0.05) is 46.2 Å². The molecule has 0 radical (unpaired) electrons. The van der Waals surface area contributed by atoms with Crippen LogP contribution in [-0.2, 0) is 0 Å². The van der Waals surface area contributed by atoms with Crippen molar-refractivity contribution >= 4 is 78.6 Å². The van der Waals surface area contributed by atoms with E-state index >= 15 is 0 Å². The number of urea groups is 1. The number of hydrogen-bond acceptors (Lipinski definition) is 5. The largest absolute Gasteiger partial charge is 0.497 e. The first-order valence-electron chi connectivity index (χ1n) is 8.85. The fourth-order valence-corrected chi connectivity index (χ4v) is 8.15. The Morgan fingerprint density at radius 2 is 1.97 bits per heavy atom. The minimum Gasteiger partial charge on any atom is -0.497 e. The maximum atomic E-state index is 13.4. The minimum atomic E-state index is -0.467. The van der Waals surface area contributed by atoms with Crippen molar-refractivity contribution in [3.8, 4) is 5.75 Å². The van der Waals surface area contributed by atoms with E-state index in [1.807, 2.05) is 23.1 Å². The number of benzene rings is 2. The summed E-state index contributed by atoms with van der Waals surface area (Å²) in [5.41, 5.74) is 1.96. The van der Waals surface area contributed by atoms with Gasteiger partial charge in [-0.3, -0.25) is 4.90 Å². The smallest absolute Gasteiger partial charge is 0.326 e. The molecule has 2 aliphatic heterocycles. The van der Waals surface area contributed by atoms with E-state index in [2.05, 4.69) is 19.2 Å². The monoisotopic (exact) mass is 484 g/mol. The third kappa shape index (κ3) is 3.61. The molecule has 0 aliphatic carbocycles. The van der Waals surface area contributed by atoms with Gasteiger partial charge in [-0.05, 0) is 66.6 Å². The van der Waals surface area contributed by atoms with E-state index in [0.717, 1.165) is 21.2 Å². The average molecular weight is 485 g/mol. The number of anilines is 2. The SMILES string of the molecule is COc1ccc2c(c1)[C@H]1C(=S)SS[C@H]1C(C)(C)N2C(=O)Nc1ccc(Cl)c(Cl)c1. The highest BCUT2D eigenvalue weighted by Crippen LogP contribution is 2.59. The van der Waals surface area contributed by atoms with Crippen LogP contribution >= 0.6 is 57.0 Å². The highest BCUT2D eigenvalue weighted by molar-refractivity contribution is 8.84. The lowest BCUT2D eigenvalue weighted by Crippen LogP contribution is -2.59. The number of carbonyl (C=O) groups is 1. The molecule has 0 saturated carbocycles. The van der Waals surface area contributed by atoms with Crippen molar-refractivity contribution < 1.29 is 9.53 Å². The third-order valence-electron chi connectivity index (χ3n) is 5.25. The molecule has 1 N–H and O–H groups in total. The van der Waals surface area contributed by atoms with Crippen LogP contribution in [0.15, 0.2) is 36.4 Å². The zero-order chi connectivity index (χ0) is 20.9. The lowest BCUT2D eigenvalue weighted by Gasteiger charge is -2.48. The molecular weight excluding hydrogens is 467 g/mol. The summed E-state index contributed by atoms with van der Waals surface area (Å²) in [7, 11) is 4.98. The molecule has 2 amide bonds. The number of ether oxygens (including phenoxy) is 1. The Bertz CT molecular complexity index is 1020. The van der Waals surface area contributed by atoms with Crippen LogP contribution in [0.5, 0.6) is 5.75 Å². The van der Waals surface area contributed by atoms with Gasteiger partial charge in [0, 0.05) is 11.6 Å². The molecule has 2 aromatic carbocycles. The number of amides is 2. The number of nitrogens with zero attached hydrogens (tertiary/aromatic N) is 1. The zero-order valence-electron chi connectivity index (χ0n) is 15.9. The van der Waals surface area contributed by atoms with Crippen LogP contribution in [0.1, 0.15) is 25.3 Å². The van der Waals surface area contributed by atoms with Crippen molar-refractivity contribution in [2.75, 3.05) is 17.3 Å². The summed E-state index contributed by atoms with van der Waals surface area (Å²) in [6.07, 6.45) is 0. The topological polar surface area (TPSA) is 41.6 Å². The van der Waals surface area contributed by atoms with Crippen molar-refractivity contribution in [1.82, 2.24) is 0 Å². The molecule has 2 heterocycles. The number of hydrogen-bond donors (Lipinski definition) is 1. The maximum absolute atomic E-state index is 13.4. The number of halogens is 2. The molecule has 0 unspecified atom stereocenters. The molecule has 9 heteroatoms. The Morgan fingerprint density at radius 1 is 1.21 bits per heavy atom. The van der Waals surface area contributed by atoms with Gasteiger partial charge in [-0.25, -0.2) is 4.79 Å². The number of nitrogens with one attached hydrogen (secondary N) is 1. The van der Waals surface area contributed by atoms with E-state index in [4.69, 9.17) is 40.2 Å². The number of carbonyl (C=O) groups excluding carboxylic acids is 1. The van der Waals surface area contributed by atoms with Crippen LogP contribution < -0.4 is 15.0 Å². The molecule has 29 heavy (non-hydrogen) atoms. The molecule has 2 aromatic rings. The van der Waals surface area contributed by atoms with Gasteiger partial charge in [0.05, 0.1) is 37.8 Å². The summed E-state index contributed by atoms with van der Waals surface area (Å²) in [4.78, 5) is 15.2. The number of methoxy groups -OCH3 is 1. The van der Waals surface area contributed by atoms with Crippen LogP contribution in [0.3, 0.4) is 0 Å². The summed E-state index contributed by atoms with van der Waals surface area (Å²) in [6.45, 7) is 4.15. The quantitative estimate of drug-likeness (QED) is 0.366. The standard InChI is InChI=1S/C20H18Cl2N2O2S3/c1-20(2)17-16(18(27)29-28-17)12-9-11(26-3)5-7-15(12)24(20)19(25)23-10-4-6-13(21)14(22)8-10/h4-9,16-17H,1-3H3,(H,23,25)/t16-,17-/m1/s1. The van der Waals surface area contributed by atoms with Crippen LogP contribution in [0.25, 0.3) is 0 Å². The molecule has 0 bridgehead atoms. The van der Waals surface area contributed by atoms with Crippen LogP contribution in [0, 0.1) is 0 Å². The number of rotatable bonds is 2. The first kappa shape index (κ1) is 21.1. The third-order valence-corrected chi connectivity index (χ3v) is 9.83. The lowest BCUT2D eigenvalue weighted by atomic mass is 9.79. The van der Waals surface area contributed by atoms with Crippen molar-refractivity contribution in [3.63, 3.8) is 0 Å². The molecule has 2 atom stereocenters. The summed E-state index contributed by atoms with van der Waals surface area (Å²) in [5.74, 6) is 0.825. The highest BCUT2D eigenvalue weighted by Gasteiger charge is 2.54. The Hall–Kier alpha value is -1.12. The molecule has 0 aromatic heterocycles. The maximum Gasteiger partial charge on any atom is 0.326 e. The van der Waals surface area contributed by atoms with E-state index in [1.54, 1.807) is 46.9 Å². The van der Waals surface area contributed by atoms with Gasteiger partial charge in [0.25, 0.3) is 0 Å². The molecule has 1 saturated heterocycles. The van der Waals surface area contributed by atoms with Gasteiger partial charge in [-0.15, -0.1) is 0 Å². The van der Waals surface area contributed by atoms with Gasteiger partial charge in [-0.2, -0.15) is 0 Å².